The first-order valence-corrected chi connectivity index (χ1v) is 19.3. The van der Waals surface area contributed by atoms with Crippen molar-refractivity contribution in [3.63, 3.8) is 0 Å². The van der Waals surface area contributed by atoms with Gasteiger partial charge in [-0.25, -0.2) is 4.98 Å². The number of para-hydroxylation sites is 1. The molecule has 2 N–H and O–H groups in total. The standard InChI is InChI=1S/C43H44N6O3.C2H6/c1-4-31(37-23-33-7-5-6-8-36(33)47-37)21-30-13-16-49(39-20-29(3)24-44-38(39)22-30)42(51)32-9-11-34(12-10-32)46-41(50)35-19-28(2)25-45-40(35)48-26-43(27-48)14-17-52-18-15-43;1-2/h5-12,19-25,47H,4,13-18,26-27H2,1-3H3,(H,46,50);1-2H3/b31-21+;. The predicted molar refractivity (Wildman–Crippen MR) is 219 cm³/mol. The van der Waals surface area contributed by atoms with Crippen molar-refractivity contribution in [3.05, 3.63) is 124 Å². The van der Waals surface area contributed by atoms with E-state index < -0.39 is 0 Å². The summed E-state index contributed by atoms with van der Waals surface area (Å²) in [7, 11) is 0. The second-order valence-corrected chi connectivity index (χ2v) is 14.5. The Balaban J connectivity index is 0.00000221. The van der Waals surface area contributed by atoms with Gasteiger partial charge in [0.2, 0.25) is 0 Å². The van der Waals surface area contributed by atoms with Gasteiger partial charge in [0.25, 0.3) is 11.8 Å². The normalized spacial score (nSPS) is 16.5. The van der Waals surface area contributed by atoms with Gasteiger partial charge in [-0.15, -0.1) is 0 Å². The lowest BCUT2D eigenvalue weighted by Crippen LogP contribution is -2.59. The highest BCUT2D eigenvalue weighted by atomic mass is 16.5. The van der Waals surface area contributed by atoms with Crippen molar-refractivity contribution < 1.29 is 14.3 Å². The zero-order chi connectivity index (χ0) is 37.8. The van der Waals surface area contributed by atoms with Crippen LogP contribution in [0.5, 0.6) is 0 Å². The van der Waals surface area contributed by atoms with E-state index in [1.54, 1.807) is 24.3 Å². The Morgan fingerprint density at radius 2 is 1.67 bits per heavy atom. The average Bonchev–Trinajstić information content (AvgIpc) is 3.54. The number of aromatic nitrogens is 3. The van der Waals surface area contributed by atoms with Gasteiger partial charge in [-0.1, -0.05) is 45.0 Å². The number of aromatic amines is 1. The van der Waals surface area contributed by atoms with Gasteiger partial charge in [0.15, 0.2) is 0 Å². The number of rotatable bonds is 7. The Morgan fingerprint density at radius 3 is 2.41 bits per heavy atom. The number of ether oxygens (including phenoxy) is 1. The quantitative estimate of drug-likeness (QED) is 0.174. The van der Waals surface area contributed by atoms with E-state index in [-0.39, 0.29) is 17.2 Å². The summed E-state index contributed by atoms with van der Waals surface area (Å²) in [4.78, 5) is 44.9. The van der Waals surface area contributed by atoms with Gasteiger partial charge < -0.3 is 24.8 Å². The Hall–Kier alpha value is -5.54. The number of nitrogens with one attached hydrogen (secondary N) is 2. The molecule has 9 heteroatoms. The van der Waals surface area contributed by atoms with E-state index in [1.807, 2.05) is 63.2 Å². The smallest absolute Gasteiger partial charge is 0.259 e. The average molecular weight is 723 g/mol. The fourth-order valence-electron chi connectivity index (χ4n) is 7.73. The third kappa shape index (κ3) is 7.59. The van der Waals surface area contributed by atoms with E-state index in [0.29, 0.717) is 35.6 Å². The van der Waals surface area contributed by atoms with Crippen LogP contribution in [0.15, 0.2) is 90.8 Å². The molecule has 2 saturated heterocycles. The van der Waals surface area contributed by atoms with E-state index >= 15 is 0 Å². The monoisotopic (exact) mass is 722 g/mol. The van der Waals surface area contributed by atoms with Crippen LogP contribution < -0.4 is 15.1 Å². The number of carbonyl (C=O) groups excluding carboxylic acids is 2. The van der Waals surface area contributed by atoms with Crippen LogP contribution in [0.3, 0.4) is 0 Å². The number of anilines is 3. The Bertz CT molecular complexity index is 2190. The van der Waals surface area contributed by atoms with Crippen LogP contribution >= 0.6 is 0 Å². The maximum Gasteiger partial charge on any atom is 0.259 e. The molecule has 5 aromatic rings. The van der Waals surface area contributed by atoms with Gasteiger partial charge in [-0.2, -0.15) is 0 Å². The molecule has 3 aliphatic rings. The third-order valence-corrected chi connectivity index (χ3v) is 10.7. The first-order chi connectivity index (χ1) is 26.3. The molecule has 54 heavy (non-hydrogen) atoms. The number of H-pyrrole nitrogens is 1. The van der Waals surface area contributed by atoms with Crippen LogP contribution in [0.25, 0.3) is 22.6 Å². The van der Waals surface area contributed by atoms with Crippen molar-refractivity contribution in [2.75, 3.05) is 48.0 Å². The number of pyridine rings is 2. The van der Waals surface area contributed by atoms with Crippen molar-refractivity contribution in [2.24, 2.45) is 5.41 Å². The summed E-state index contributed by atoms with van der Waals surface area (Å²) < 4.78 is 5.58. The van der Waals surface area contributed by atoms with E-state index in [9.17, 15) is 9.59 Å². The number of fused-ring (bicyclic) bond motifs is 2. The molecule has 8 rings (SSSR count). The van der Waals surface area contributed by atoms with E-state index in [4.69, 9.17) is 9.72 Å². The van der Waals surface area contributed by atoms with Gasteiger partial charge in [-0.3, -0.25) is 14.6 Å². The van der Waals surface area contributed by atoms with E-state index in [1.165, 1.54) is 11.0 Å². The fourth-order valence-corrected chi connectivity index (χ4v) is 7.73. The Kier molecular flexibility index (Phi) is 10.8. The van der Waals surface area contributed by atoms with Crippen LogP contribution in [0.4, 0.5) is 17.2 Å². The second kappa shape index (κ2) is 15.8. The summed E-state index contributed by atoms with van der Waals surface area (Å²) in [6.07, 6.45) is 11.6. The van der Waals surface area contributed by atoms with Crippen LogP contribution in [0.2, 0.25) is 0 Å². The SMILES string of the molecule is CC.CC/C(=C\C1=Cc2ncc(C)cc2N(C(=O)c2ccc(NC(=O)c3cc(C)cnc3N3CC4(CCOCC4)C3)cc2)CC1)c1cc2ccccc2[nH]1. The summed E-state index contributed by atoms with van der Waals surface area (Å²) in [6.45, 7) is 14.0. The minimum atomic E-state index is -0.216. The molecule has 1 spiro atoms. The zero-order valence-electron chi connectivity index (χ0n) is 32.0. The molecule has 0 bridgehead atoms. The molecule has 3 aliphatic heterocycles. The lowest BCUT2D eigenvalue weighted by molar-refractivity contribution is -0.000510. The van der Waals surface area contributed by atoms with Gasteiger partial charge in [0.05, 0.1) is 16.9 Å². The minimum absolute atomic E-state index is 0.110. The number of hydrogen-bond donors (Lipinski definition) is 2. The van der Waals surface area contributed by atoms with Gasteiger partial charge in [0.1, 0.15) is 5.82 Å². The molecule has 0 unspecified atom stereocenters. The van der Waals surface area contributed by atoms with Crippen LogP contribution in [-0.2, 0) is 4.74 Å². The molecule has 0 radical (unpaired) electrons. The van der Waals surface area contributed by atoms with Crippen molar-refractivity contribution in [2.45, 2.75) is 60.3 Å². The van der Waals surface area contributed by atoms with Crippen molar-refractivity contribution in [1.29, 1.82) is 0 Å². The molecule has 2 aromatic carbocycles. The summed E-state index contributed by atoms with van der Waals surface area (Å²) in [5.74, 6) is 0.388. The summed E-state index contributed by atoms with van der Waals surface area (Å²) in [5, 5.41) is 4.24. The molecular weight excluding hydrogens is 673 g/mol. The molecule has 2 amide bonds. The van der Waals surface area contributed by atoms with E-state index in [2.05, 4.69) is 63.5 Å². The number of benzene rings is 2. The molecule has 3 aromatic heterocycles. The highest BCUT2D eigenvalue weighted by molar-refractivity contribution is 6.09. The number of allylic oxidation sites excluding steroid dienone is 2. The molecule has 0 atom stereocenters. The maximum atomic E-state index is 14.2. The number of hydrogen-bond acceptors (Lipinski definition) is 6. The molecule has 0 aliphatic carbocycles. The van der Waals surface area contributed by atoms with Crippen LogP contribution in [0, 0.1) is 19.3 Å². The van der Waals surface area contributed by atoms with Crippen molar-refractivity contribution in [3.8, 4) is 0 Å². The first-order valence-electron chi connectivity index (χ1n) is 19.3. The van der Waals surface area contributed by atoms with Gasteiger partial charge in [0, 0.05) is 73.1 Å². The second-order valence-electron chi connectivity index (χ2n) is 14.5. The predicted octanol–water partition coefficient (Wildman–Crippen LogP) is 9.40. The highest BCUT2D eigenvalue weighted by Gasteiger charge is 2.45. The van der Waals surface area contributed by atoms with Crippen molar-refractivity contribution >= 4 is 51.6 Å². The Labute approximate surface area is 318 Å². The molecule has 9 nitrogen and oxygen atoms in total. The van der Waals surface area contributed by atoms with E-state index in [0.717, 1.165) is 84.9 Å². The van der Waals surface area contributed by atoms with Gasteiger partial charge in [-0.05, 0) is 122 Å². The number of carbonyl (C=O) groups is 2. The largest absolute Gasteiger partial charge is 0.381 e. The molecule has 0 saturated carbocycles. The zero-order valence-corrected chi connectivity index (χ0v) is 32.0. The number of aryl methyl sites for hydroxylation is 2. The number of nitrogens with zero attached hydrogens (tertiary/aromatic N) is 4. The lowest BCUT2D eigenvalue weighted by atomic mass is 9.73. The molecule has 278 valence electrons. The lowest BCUT2D eigenvalue weighted by Gasteiger charge is -2.53. The maximum absolute atomic E-state index is 14.2. The van der Waals surface area contributed by atoms with Crippen LogP contribution in [-0.4, -0.2) is 59.6 Å². The molecule has 6 heterocycles. The number of amides is 2. The fraction of sp³-hybridized carbons (Fsp3) is 0.333. The van der Waals surface area contributed by atoms with Crippen molar-refractivity contribution in [1.82, 2.24) is 15.0 Å². The first kappa shape index (κ1) is 36.8. The summed E-state index contributed by atoms with van der Waals surface area (Å²) in [5.41, 5.74) is 9.98. The Morgan fingerprint density at radius 1 is 0.944 bits per heavy atom. The van der Waals surface area contributed by atoms with Crippen LogP contribution in [0.1, 0.15) is 89.7 Å². The summed E-state index contributed by atoms with van der Waals surface area (Å²) in [6, 6.07) is 21.6. The molecule has 2 fully saturated rings. The third-order valence-electron chi connectivity index (χ3n) is 10.7. The highest BCUT2D eigenvalue weighted by Crippen LogP contribution is 2.42. The minimum Gasteiger partial charge on any atom is -0.381 e. The summed E-state index contributed by atoms with van der Waals surface area (Å²) >= 11 is 0. The van der Waals surface area contributed by atoms with Gasteiger partial charge >= 0.3 is 0 Å². The molecular formula is C45H50N6O3. The topological polar surface area (TPSA) is 103 Å².